The Balaban J connectivity index is 2.00. The molecule has 0 spiro atoms. The van der Waals surface area contributed by atoms with E-state index in [1.54, 1.807) is 26.8 Å². The van der Waals surface area contributed by atoms with Crippen LogP contribution in [0.4, 0.5) is 11.6 Å². The molecule has 0 unspecified atom stereocenters. The zero-order valence-corrected chi connectivity index (χ0v) is 16.7. The number of nitrogens with one attached hydrogen (secondary N) is 2. The van der Waals surface area contributed by atoms with Crippen LogP contribution in [0.5, 0.6) is 0 Å². The molecule has 0 bridgehead atoms. The van der Waals surface area contributed by atoms with E-state index < -0.39 is 16.0 Å². The molecule has 1 heterocycles. The highest BCUT2D eigenvalue weighted by Gasteiger charge is 2.16. The van der Waals surface area contributed by atoms with Gasteiger partial charge in [0.15, 0.2) is 0 Å². The van der Waals surface area contributed by atoms with Crippen molar-refractivity contribution in [1.82, 2.24) is 9.97 Å². The number of amides is 1. The summed E-state index contributed by atoms with van der Waals surface area (Å²) in [4.78, 5) is 31.2. The van der Waals surface area contributed by atoms with E-state index in [4.69, 9.17) is 4.74 Å². The fourth-order valence-corrected chi connectivity index (χ4v) is 3.28. The number of sulfonamides is 1. The minimum atomic E-state index is -3.87. The maximum Gasteiger partial charge on any atom is 0.306 e. The van der Waals surface area contributed by atoms with Gasteiger partial charge in [-0.05, 0) is 51.1 Å². The van der Waals surface area contributed by atoms with E-state index in [0.29, 0.717) is 17.1 Å². The monoisotopic (exact) mass is 406 g/mol. The summed E-state index contributed by atoms with van der Waals surface area (Å²) in [5.41, 5.74) is 1.70. The van der Waals surface area contributed by atoms with E-state index in [1.165, 1.54) is 24.3 Å². The van der Waals surface area contributed by atoms with Crippen molar-refractivity contribution in [3.05, 3.63) is 41.7 Å². The second-order valence-corrected chi connectivity index (χ2v) is 7.64. The first-order valence-corrected chi connectivity index (χ1v) is 10.1. The van der Waals surface area contributed by atoms with Gasteiger partial charge < -0.3 is 10.1 Å². The summed E-state index contributed by atoms with van der Waals surface area (Å²) in [6, 6.07) is 7.35. The molecule has 2 rings (SSSR count). The molecule has 1 amide bonds. The highest BCUT2D eigenvalue weighted by Crippen LogP contribution is 2.17. The van der Waals surface area contributed by atoms with Crippen LogP contribution >= 0.6 is 0 Å². The molecule has 0 atom stereocenters. The molecule has 1 aromatic heterocycles. The molecule has 0 aliphatic heterocycles. The molecule has 0 saturated heterocycles. The van der Waals surface area contributed by atoms with Crippen LogP contribution in [0.15, 0.2) is 35.2 Å². The molecule has 0 aliphatic rings. The Hall–Kier alpha value is -3.01. The van der Waals surface area contributed by atoms with Crippen molar-refractivity contribution in [2.45, 2.75) is 38.5 Å². The van der Waals surface area contributed by atoms with Gasteiger partial charge in [-0.25, -0.2) is 23.1 Å². The van der Waals surface area contributed by atoms with Crippen molar-refractivity contribution in [1.29, 1.82) is 0 Å². The van der Waals surface area contributed by atoms with Gasteiger partial charge >= 0.3 is 5.97 Å². The number of nitrogens with zero attached hydrogens (tertiary/aromatic N) is 2. The number of aryl methyl sites for hydroxylation is 2. The van der Waals surface area contributed by atoms with Gasteiger partial charge in [0, 0.05) is 23.5 Å². The standard InChI is InChI=1S/C18H22N4O5S/c1-4-27-17(24)10-9-16(23)21-14-5-7-15(8-6-14)28(25,26)22-18-19-12(2)11-13(3)20-18/h5-8,11H,4,9-10H2,1-3H3,(H,21,23)(H,19,20,22). The summed E-state index contributed by atoms with van der Waals surface area (Å²) in [7, 11) is -3.87. The van der Waals surface area contributed by atoms with Gasteiger partial charge in [0.2, 0.25) is 11.9 Å². The Kier molecular flexibility index (Phi) is 7.05. The van der Waals surface area contributed by atoms with E-state index in [1.807, 2.05) is 0 Å². The third-order valence-electron chi connectivity index (χ3n) is 3.52. The third-order valence-corrected chi connectivity index (χ3v) is 4.86. The predicted molar refractivity (Wildman–Crippen MR) is 103 cm³/mol. The van der Waals surface area contributed by atoms with Crippen LogP contribution in [0, 0.1) is 13.8 Å². The number of ether oxygens (including phenoxy) is 1. The van der Waals surface area contributed by atoms with Crippen molar-refractivity contribution >= 4 is 33.5 Å². The lowest BCUT2D eigenvalue weighted by Gasteiger charge is -2.09. The second kappa shape index (κ2) is 9.27. The molecule has 2 N–H and O–H groups in total. The van der Waals surface area contributed by atoms with E-state index in [2.05, 4.69) is 20.0 Å². The Bertz CT molecular complexity index is 938. The smallest absolute Gasteiger partial charge is 0.306 e. The first kappa shape index (κ1) is 21.3. The molecular weight excluding hydrogens is 384 g/mol. The van der Waals surface area contributed by atoms with Crippen LogP contribution < -0.4 is 10.0 Å². The van der Waals surface area contributed by atoms with Crippen LogP contribution in [0.25, 0.3) is 0 Å². The molecule has 0 radical (unpaired) electrons. The van der Waals surface area contributed by atoms with Crippen LogP contribution in [0.3, 0.4) is 0 Å². The highest BCUT2D eigenvalue weighted by molar-refractivity contribution is 7.92. The van der Waals surface area contributed by atoms with Crippen molar-refractivity contribution in [2.75, 3.05) is 16.6 Å². The lowest BCUT2D eigenvalue weighted by molar-refractivity contribution is -0.144. The minimum Gasteiger partial charge on any atom is -0.466 e. The number of anilines is 2. The molecular formula is C18H22N4O5S. The quantitative estimate of drug-likeness (QED) is 0.643. The fourth-order valence-electron chi connectivity index (χ4n) is 2.34. The summed E-state index contributed by atoms with van der Waals surface area (Å²) in [6.45, 7) is 5.43. The fraction of sp³-hybridized carbons (Fsp3) is 0.333. The topological polar surface area (TPSA) is 127 Å². The van der Waals surface area contributed by atoms with Crippen molar-refractivity contribution in [2.24, 2.45) is 0 Å². The molecule has 28 heavy (non-hydrogen) atoms. The average molecular weight is 406 g/mol. The van der Waals surface area contributed by atoms with E-state index >= 15 is 0 Å². The largest absolute Gasteiger partial charge is 0.466 e. The molecule has 0 saturated carbocycles. The summed E-state index contributed by atoms with van der Waals surface area (Å²) >= 11 is 0. The summed E-state index contributed by atoms with van der Waals surface area (Å²) in [6.07, 6.45) is -0.0452. The van der Waals surface area contributed by atoms with Crippen LogP contribution in [-0.2, 0) is 24.3 Å². The Morgan fingerprint density at radius 1 is 1.04 bits per heavy atom. The highest BCUT2D eigenvalue weighted by atomic mass is 32.2. The van der Waals surface area contributed by atoms with Gasteiger partial charge in [-0.2, -0.15) is 0 Å². The van der Waals surface area contributed by atoms with Crippen molar-refractivity contribution in [3.63, 3.8) is 0 Å². The Labute approximate surface area is 163 Å². The molecule has 9 nitrogen and oxygen atoms in total. The molecule has 10 heteroatoms. The lowest BCUT2D eigenvalue weighted by atomic mass is 10.2. The number of esters is 1. The first-order chi connectivity index (χ1) is 13.2. The Morgan fingerprint density at radius 3 is 2.21 bits per heavy atom. The molecule has 1 aromatic carbocycles. The molecule has 0 aliphatic carbocycles. The summed E-state index contributed by atoms with van der Waals surface area (Å²) in [5, 5.41) is 2.60. The average Bonchev–Trinajstić information content (AvgIpc) is 2.59. The van der Waals surface area contributed by atoms with Gasteiger partial charge in [0.25, 0.3) is 10.0 Å². The number of hydrogen-bond donors (Lipinski definition) is 2. The normalized spacial score (nSPS) is 11.0. The molecule has 150 valence electrons. The van der Waals surface area contributed by atoms with Gasteiger partial charge in [0.05, 0.1) is 17.9 Å². The van der Waals surface area contributed by atoms with Gasteiger partial charge in [0.1, 0.15) is 0 Å². The lowest BCUT2D eigenvalue weighted by Crippen LogP contribution is -2.16. The first-order valence-electron chi connectivity index (χ1n) is 8.60. The van der Waals surface area contributed by atoms with Crippen molar-refractivity contribution < 1.29 is 22.7 Å². The summed E-state index contributed by atoms with van der Waals surface area (Å²) in [5.74, 6) is -0.821. The minimum absolute atomic E-state index is 0.000202. The number of benzene rings is 1. The zero-order valence-electron chi connectivity index (χ0n) is 15.9. The second-order valence-electron chi connectivity index (χ2n) is 5.96. The number of carbonyl (C=O) groups excluding carboxylic acids is 2. The number of rotatable bonds is 8. The SMILES string of the molecule is CCOC(=O)CCC(=O)Nc1ccc(S(=O)(=O)Nc2nc(C)cc(C)n2)cc1. The van der Waals surface area contributed by atoms with Crippen LogP contribution in [0.2, 0.25) is 0 Å². The maximum atomic E-state index is 12.5. The van der Waals surface area contributed by atoms with Crippen molar-refractivity contribution in [3.8, 4) is 0 Å². The number of aromatic nitrogens is 2. The maximum absolute atomic E-state index is 12.5. The van der Waals surface area contributed by atoms with Crippen LogP contribution in [0.1, 0.15) is 31.2 Å². The van der Waals surface area contributed by atoms with Crippen LogP contribution in [-0.4, -0.2) is 36.9 Å². The van der Waals surface area contributed by atoms with E-state index in [0.717, 1.165) is 0 Å². The van der Waals surface area contributed by atoms with Gasteiger partial charge in [-0.1, -0.05) is 0 Å². The summed E-state index contributed by atoms with van der Waals surface area (Å²) < 4.78 is 32.0. The zero-order chi connectivity index (χ0) is 20.7. The Morgan fingerprint density at radius 2 is 1.64 bits per heavy atom. The predicted octanol–water partition coefficient (Wildman–Crippen LogP) is 2.18. The van der Waals surface area contributed by atoms with Gasteiger partial charge in [-0.3, -0.25) is 9.59 Å². The van der Waals surface area contributed by atoms with E-state index in [9.17, 15) is 18.0 Å². The molecule has 2 aromatic rings. The number of carbonyl (C=O) groups is 2. The van der Waals surface area contributed by atoms with Gasteiger partial charge in [-0.15, -0.1) is 0 Å². The number of hydrogen-bond acceptors (Lipinski definition) is 7. The van der Waals surface area contributed by atoms with E-state index in [-0.39, 0.29) is 36.2 Å². The third kappa shape index (κ3) is 6.31. The molecule has 0 fully saturated rings.